The summed E-state index contributed by atoms with van der Waals surface area (Å²) in [5, 5.41) is 16.4. The standard InChI is InChI=1S/C6H8O4.C3H9N.K.H/c1-2-4(6(9)10)3-5(7)8;1-4(2)3;;/h3H,2H2,1H3,(H,7,8)(H,9,10);1-3H3;;/b4-3-;;;. The first kappa shape index (κ1) is 20.7. The van der Waals surface area contributed by atoms with Crippen LogP contribution in [0.15, 0.2) is 11.6 Å². The third kappa shape index (κ3) is 20.4. The van der Waals surface area contributed by atoms with Gasteiger partial charge in [0.1, 0.15) is 0 Å². The Labute approximate surface area is 133 Å². The molecule has 0 aromatic heterocycles. The topological polar surface area (TPSA) is 77.8 Å². The van der Waals surface area contributed by atoms with Crippen LogP contribution in [0.5, 0.6) is 0 Å². The maximum atomic E-state index is 10.1. The molecule has 0 fully saturated rings. The van der Waals surface area contributed by atoms with Crippen LogP contribution in [0, 0.1) is 0 Å². The van der Waals surface area contributed by atoms with Gasteiger partial charge >= 0.3 is 63.3 Å². The molecule has 0 bridgehead atoms. The number of hydrogen-bond acceptors (Lipinski definition) is 3. The molecule has 2 N–H and O–H groups in total. The zero-order valence-corrected chi connectivity index (χ0v) is 8.94. The van der Waals surface area contributed by atoms with Crippen LogP contribution < -0.4 is 0 Å². The van der Waals surface area contributed by atoms with E-state index in [1.165, 1.54) is 0 Å². The summed E-state index contributed by atoms with van der Waals surface area (Å²) in [7, 11) is 6.00. The van der Waals surface area contributed by atoms with Crippen molar-refractivity contribution in [3.63, 3.8) is 0 Å². The first-order chi connectivity index (χ1) is 6.31. The van der Waals surface area contributed by atoms with Gasteiger partial charge in [0.15, 0.2) is 0 Å². The van der Waals surface area contributed by atoms with Crippen LogP contribution in [0.3, 0.4) is 0 Å². The Hall–Kier alpha value is 0.276. The maximum absolute atomic E-state index is 10.1. The molecule has 0 rings (SSSR count). The fourth-order valence-electron chi connectivity index (χ4n) is 0.464. The molecule has 0 atom stereocenters. The van der Waals surface area contributed by atoms with Crippen molar-refractivity contribution in [3.05, 3.63) is 11.6 Å². The third-order valence-corrected chi connectivity index (χ3v) is 0.953. The average molecular weight is 243 g/mol. The zero-order chi connectivity index (χ0) is 11.7. The molecule has 6 heteroatoms. The Bertz CT molecular complexity index is 223. The van der Waals surface area contributed by atoms with Gasteiger partial charge in [0.05, 0.1) is 0 Å². The minimum atomic E-state index is -1.22. The van der Waals surface area contributed by atoms with Gasteiger partial charge in [-0.1, -0.05) is 6.92 Å². The van der Waals surface area contributed by atoms with Crippen molar-refractivity contribution in [3.8, 4) is 0 Å². The third-order valence-electron chi connectivity index (χ3n) is 0.953. The Balaban J connectivity index is -0.000000249. The molecule has 0 saturated carbocycles. The van der Waals surface area contributed by atoms with E-state index in [2.05, 4.69) is 0 Å². The van der Waals surface area contributed by atoms with E-state index >= 15 is 0 Å². The SMILES string of the molecule is CC/C(=C/C(=O)O)C(=O)O.CN(C)C.[KH]. The fraction of sp³-hybridized carbons (Fsp3) is 0.556. The Kier molecular flexibility index (Phi) is 17.0. The van der Waals surface area contributed by atoms with Gasteiger partial charge in [0, 0.05) is 11.6 Å². The Morgan fingerprint density at radius 3 is 1.60 bits per heavy atom. The molecule has 0 aliphatic rings. The minimum absolute atomic E-state index is 0. The monoisotopic (exact) mass is 243 g/mol. The van der Waals surface area contributed by atoms with E-state index in [1.54, 1.807) is 6.92 Å². The van der Waals surface area contributed by atoms with Crippen LogP contribution in [0.25, 0.3) is 0 Å². The van der Waals surface area contributed by atoms with E-state index in [0.717, 1.165) is 0 Å². The molecular weight excluding hydrogens is 225 g/mol. The number of carboxylic acid groups (broad SMARTS) is 2. The van der Waals surface area contributed by atoms with E-state index in [1.807, 2.05) is 26.0 Å². The molecule has 0 spiro atoms. The van der Waals surface area contributed by atoms with Gasteiger partial charge in [0.2, 0.25) is 0 Å². The van der Waals surface area contributed by atoms with Gasteiger partial charge in [-0.15, -0.1) is 0 Å². The second kappa shape index (κ2) is 12.3. The predicted molar refractivity (Wildman–Crippen MR) is 60.4 cm³/mol. The first-order valence-electron chi connectivity index (χ1n) is 4.09. The van der Waals surface area contributed by atoms with Crippen LogP contribution in [0.1, 0.15) is 13.3 Å². The summed E-state index contributed by atoms with van der Waals surface area (Å²) in [5.74, 6) is -2.40. The molecule has 15 heavy (non-hydrogen) atoms. The molecule has 0 unspecified atom stereocenters. The van der Waals surface area contributed by atoms with Gasteiger partial charge in [-0.25, -0.2) is 9.59 Å². The van der Waals surface area contributed by atoms with Crippen LogP contribution in [-0.2, 0) is 9.59 Å². The molecule has 5 nitrogen and oxygen atoms in total. The summed E-state index contributed by atoms with van der Waals surface area (Å²) in [4.78, 5) is 22.1. The van der Waals surface area contributed by atoms with Crippen molar-refractivity contribution in [1.29, 1.82) is 0 Å². The molecule has 0 saturated heterocycles. The van der Waals surface area contributed by atoms with Crippen molar-refractivity contribution in [2.45, 2.75) is 13.3 Å². The number of aliphatic carboxylic acids is 2. The number of rotatable bonds is 3. The van der Waals surface area contributed by atoms with Gasteiger partial charge < -0.3 is 15.1 Å². The van der Waals surface area contributed by atoms with Gasteiger partial charge in [-0.05, 0) is 27.6 Å². The van der Waals surface area contributed by atoms with Crippen LogP contribution >= 0.6 is 0 Å². The Morgan fingerprint density at radius 2 is 1.53 bits per heavy atom. The number of hydrogen-bond donors (Lipinski definition) is 2. The first-order valence-corrected chi connectivity index (χ1v) is 4.09. The Morgan fingerprint density at radius 1 is 1.20 bits per heavy atom. The zero-order valence-electron chi connectivity index (χ0n) is 8.94. The van der Waals surface area contributed by atoms with Crippen LogP contribution in [0.4, 0.5) is 0 Å². The van der Waals surface area contributed by atoms with Gasteiger partial charge in [-0.3, -0.25) is 0 Å². The molecule has 0 aliphatic heterocycles. The summed E-state index contributed by atoms with van der Waals surface area (Å²) in [6.45, 7) is 1.59. The summed E-state index contributed by atoms with van der Waals surface area (Å²) in [6.07, 6.45) is 0.921. The molecule has 0 aliphatic carbocycles. The molecule has 0 aromatic carbocycles. The number of carbonyl (C=O) groups is 2. The van der Waals surface area contributed by atoms with E-state index in [0.29, 0.717) is 6.08 Å². The second-order valence-electron chi connectivity index (χ2n) is 3.01. The number of carboxylic acids is 2. The summed E-state index contributed by atoms with van der Waals surface area (Å²) < 4.78 is 0. The van der Waals surface area contributed by atoms with E-state index < -0.39 is 11.9 Å². The molecular formula is C9H18KNO4. The molecule has 0 aromatic rings. The van der Waals surface area contributed by atoms with Crippen molar-refractivity contribution < 1.29 is 19.8 Å². The van der Waals surface area contributed by atoms with Crippen molar-refractivity contribution in [2.24, 2.45) is 0 Å². The normalized spacial score (nSPS) is 9.80. The molecule has 0 radical (unpaired) electrons. The summed E-state index contributed by atoms with van der Waals surface area (Å²) in [5.41, 5.74) is -0.0903. The van der Waals surface area contributed by atoms with E-state index in [-0.39, 0.29) is 63.4 Å². The quantitative estimate of drug-likeness (QED) is 0.540. The fourth-order valence-corrected chi connectivity index (χ4v) is 0.464. The van der Waals surface area contributed by atoms with Gasteiger partial charge in [-0.2, -0.15) is 0 Å². The summed E-state index contributed by atoms with van der Waals surface area (Å²) >= 11 is 0. The van der Waals surface area contributed by atoms with Gasteiger partial charge in [0.25, 0.3) is 0 Å². The molecule has 84 valence electrons. The van der Waals surface area contributed by atoms with Crippen molar-refractivity contribution in [2.75, 3.05) is 21.1 Å². The van der Waals surface area contributed by atoms with Crippen LogP contribution in [0.2, 0.25) is 0 Å². The van der Waals surface area contributed by atoms with E-state index in [4.69, 9.17) is 10.2 Å². The molecule has 0 amide bonds. The van der Waals surface area contributed by atoms with Crippen LogP contribution in [-0.4, -0.2) is 99.6 Å². The number of nitrogens with zero attached hydrogens (tertiary/aromatic N) is 1. The molecule has 0 heterocycles. The predicted octanol–water partition coefficient (Wildman–Crippen LogP) is 0.0213. The summed E-state index contributed by atoms with van der Waals surface area (Å²) in [6, 6.07) is 0. The average Bonchev–Trinajstić information content (AvgIpc) is 1.98. The van der Waals surface area contributed by atoms with E-state index in [9.17, 15) is 9.59 Å². The van der Waals surface area contributed by atoms with Crippen molar-refractivity contribution in [1.82, 2.24) is 4.90 Å². The van der Waals surface area contributed by atoms with Crippen molar-refractivity contribution >= 4 is 63.3 Å². The second-order valence-corrected chi connectivity index (χ2v) is 3.01.